The normalized spacial score (nSPS) is 14.8. The second-order valence-corrected chi connectivity index (χ2v) is 4.69. The Bertz CT molecular complexity index is 619. The van der Waals surface area contributed by atoms with Gasteiger partial charge in [-0.1, -0.05) is 36.9 Å². The molecule has 0 saturated carbocycles. The molecule has 1 heterocycles. The number of halogens is 2. The minimum atomic E-state index is -0.358. The standard InChI is InChI=1S/C16H15ClFNO/c1-4-10-20-15-7-5-6-13(18)16(15)14-9-8-12(17)11(2)19(14)3/h4-9H,1-2,10H2,3H3. The lowest BCUT2D eigenvalue weighted by Crippen LogP contribution is -2.19. The van der Waals surface area contributed by atoms with Gasteiger partial charge in [0.05, 0.1) is 22.0 Å². The Morgan fingerprint density at radius 2 is 2.15 bits per heavy atom. The number of hydrogen-bond donors (Lipinski definition) is 0. The van der Waals surface area contributed by atoms with E-state index in [2.05, 4.69) is 13.2 Å². The topological polar surface area (TPSA) is 12.5 Å². The Labute approximate surface area is 123 Å². The van der Waals surface area contributed by atoms with E-state index in [-0.39, 0.29) is 5.82 Å². The molecule has 0 aliphatic carbocycles. The van der Waals surface area contributed by atoms with E-state index in [9.17, 15) is 4.39 Å². The van der Waals surface area contributed by atoms with Crippen LogP contribution in [0.1, 0.15) is 5.56 Å². The van der Waals surface area contributed by atoms with Gasteiger partial charge in [-0.25, -0.2) is 4.39 Å². The third kappa shape index (κ3) is 2.63. The van der Waals surface area contributed by atoms with Crippen molar-refractivity contribution >= 4 is 17.3 Å². The highest BCUT2D eigenvalue weighted by molar-refractivity contribution is 6.32. The Morgan fingerprint density at radius 1 is 1.40 bits per heavy atom. The summed E-state index contributed by atoms with van der Waals surface area (Å²) in [6.07, 6.45) is 5.06. The highest BCUT2D eigenvalue weighted by Gasteiger charge is 2.22. The van der Waals surface area contributed by atoms with E-state index in [1.807, 2.05) is 0 Å². The molecule has 20 heavy (non-hydrogen) atoms. The van der Waals surface area contributed by atoms with Crippen molar-refractivity contribution in [2.75, 3.05) is 13.7 Å². The van der Waals surface area contributed by atoms with Crippen LogP contribution in [0.5, 0.6) is 5.75 Å². The van der Waals surface area contributed by atoms with E-state index in [1.54, 1.807) is 42.3 Å². The smallest absolute Gasteiger partial charge is 0.136 e. The average molecular weight is 292 g/mol. The van der Waals surface area contributed by atoms with Crippen LogP contribution in [0.4, 0.5) is 4.39 Å². The lowest BCUT2D eigenvalue weighted by atomic mass is 10.1. The van der Waals surface area contributed by atoms with Gasteiger partial charge < -0.3 is 9.64 Å². The summed E-state index contributed by atoms with van der Waals surface area (Å²) in [5, 5.41) is 0.529. The first-order valence-electron chi connectivity index (χ1n) is 6.09. The minimum Gasteiger partial charge on any atom is -0.489 e. The molecule has 2 rings (SSSR count). The summed E-state index contributed by atoms with van der Waals surface area (Å²) in [6.45, 7) is 7.78. The maximum Gasteiger partial charge on any atom is 0.136 e. The molecule has 0 aromatic heterocycles. The van der Waals surface area contributed by atoms with Gasteiger partial charge in [0.1, 0.15) is 18.2 Å². The van der Waals surface area contributed by atoms with Gasteiger partial charge in [-0.3, -0.25) is 0 Å². The van der Waals surface area contributed by atoms with Crippen molar-refractivity contribution in [2.24, 2.45) is 0 Å². The first kappa shape index (κ1) is 14.4. The summed E-state index contributed by atoms with van der Waals surface area (Å²) in [5.41, 5.74) is 1.65. The predicted octanol–water partition coefficient (Wildman–Crippen LogP) is 4.31. The predicted molar refractivity (Wildman–Crippen MR) is 80.9 cm³/mol. The fourth-order valence-electron chi connectivity index (χ4n) is 1.94. The highest BCUT2D eigenvalue weighted by Crippen LogP contribution is 2.36. The van der Waals surface area contributed by atoms with Crippen molar-refractivity contribution < 1.29 is 9.13 Å². The molecule has 4 heteroatoms. The van der Waals surface area contributed by atoms with E-state index in [0.717, 1.165) is 0 Å². The third-order valence-electron chi connectivity index (χ3n) is 3.02. The van der Waals surface area contributed by atoms with Crippen molar-refractivity contribution in [3.8, 4) is 5.75 Å². The average Bonchev–Trinajstić information content (AvgIpc) is 2.44. The van der Waals surface area contributed by atoms with Crippen LogP contribution in [-0.4, -0.2) is 18.6 Å². The van der Waals surface area contributed by atoms with Crippen LogP contribution in [0.15, 0.2) is 60.3 Å². The minimum absolute atomic E-state index is 0.311. The van der Waals surface area contributed by atoms with Crippen LogP contribution in [0.2, 0.25) is 0 Å². The molecule has 0 fully saturated rings. The van der Waals surface area contributed by atoms with Gasteiger partial charge in [0.25, 0.3) is 0 Å². The summed E-state index contributed by atoms with van der Waals surface area (Å²) < 4.78 is 19.7. The molecule has 0 N–H and O–H groups in total. The Balaban J connectivity index is 2.51. The molecule has 0 spiro atoms. The molecule has 0 atom stereocenters. The first-order valence-corrected chi connectivity index (χ1v) is 6.47. The zero-order valence-corrected chi connectivity index (χ0v) is 12.0. The largest absolute Gasteiger partial charge is 0.489 e. The lowest BCUT2D eigenvalue weighted by molar-refractivity contribution is 0.358. The van der Waals surface area contributed by atoms with E-state index in [0.29, 0.717) is 34.3 Å². The van der Waals surface area contributed by atoms with E-state index < -0.39 is 0 Å². The number of nitrogens with zero attached hydrogens (tertiary/aromatic N) is 1. The van der Waals surface area contributed by atoms with Crippen LogP contribution in [0.25, 0.3) is 5.70 Å². The van der Waals surface area contributed by atoms with Gasteiger partial charge in [0.15, 0.2) is 0 Å². The van der Waals surface area contributed by atoms with Gasteiger partial charge >= 0.3 is 0 Å². The molecule has 0 amide bonds. The van der Waals surface area contributed by atoms with Crippen molar-refractivity contribution in [1.29, 1.82) is 0 Å². The monoisotopic (exact) mass is 291 g/mol. The summed E-state index contributed by atoms with van der Waals surface area (Å²) in [7, 11) is 1.78. The van der Waals surface area contributed by atoms with Crippen LogP contribution >= 0.6 is 11.6 Å². The first-order chi connectivity index (χ1) is 9.56. The number of rotatable bonds is 4. The maximum absolute atomic E-state index is 14.2. The van der Waals surface area contributed by atoms with Crippen molar-refractivity contribution in [3.05, 3.63) is 71.7 Å². The van der Waals surface area contributed by atoms with E-state index >= 15 is 0 Å². The number of allylic oxidation sites excluding steroid dienone is 3. The SMILES string of the molecule is C=CCOc1cccc(F)c1C1=CC=C(Cl)C(=C)N1C. The van der Waals surface area contributed by atoms with Crippen molar-refractivity contribution in [2.45, 2.75) is 0 Å². The quantitative estimate of drug-likeness (QED) is 0.766. The summed E-state index contributed by atoms with van der Waals surface area (Å²) in [4.78, 5) is 1.74. The Morgan fingerprint density at radius 3 is 2.85 bits per heavy atom. The van der Waals surface area contributed by atoms with Crippen molar-refractivity contribution in [3.63, 3.8) is 0 Å². The molecule has 1 aliphatic rings. The van der Waals surface area contributed by atoms with Crippen LogP contribution in [0.3, 0.4) is 0 Å². The molecular formula is C16H15ClFNO. The second kappa shape index (κ2) is 5.97. The molecule has 1 aliphatic heterocycles. The van der Waals surface area contributed by atoms with Gasteiger partial charge in [0.2, 0.25) is 0 Å². The number of benzene rings is 1. The highest BCUT2D eigenvalue weighted by atomic mass is 35.5. The third-order valence-corrected chi connectivity index (χ3v) is 3.36. The van der Waals surface area contributed by atoms with Gasteiger partial charge in [-0.2, -0.15) is 0 Å². The fraction of sp³-hybridized carbons (Fsp3) is 0.125. The zero-order valence-electron chi connectivity index (χ0n) is 11.2. The van der Waals surface area contributed by atoms with Gasteiger partial charge in [0, 0.05) is 7.05 Å². The lowest BCUT2D eigenvalue weighted by Gasteiger charge is -2.28. The molecule has 0 radical (unpaired) electrons. The maximum atomic E-state index is 14.2. The van der Waals surface area contributed by atoms with E-state index in [4.69, 9.17) is 16.3 Å². The van der Waals surface area contributed by atoms with E-state index in [1.165, 1.54) is 6.07 Å². The summed E-state index contributed by atoms with van der Waals surface area (Å²) in [6, 6.07) is 4.73. The zero-order chi connectivity index (χ0) is 14.7. The Hall–Kier alpha value is -2.00. The molecular weight excluding hydrogens is 277 g/mol. The molecule has 0 saturated heterocycles. The molecule has 0 unspecified atom stereocenters. The summed E-state index contributed by atoms with van der Waals surface area (Å²) >= 11 is 6.01. The summed E-state index contributed by atoms with van der Waals surface area (Å²) in [5.74, 6) is 0.103. The molecule has 104 valence electrons. The number of ether oxygens (including phenoxy) is 1. The molecule has 0 bridgehead atoms. The molecule has 2 nitrogen and oxygen atoms in total. The van der Waals surface area contributed by atoms with Crippen LogP contribution in [0, 0.1) is 5.82 Å². The molecule has 1 aromatic carbocycles. The second-order valence-electron chi connectivity index (χ2n) is 4.28. The number of hydrogen-bond acceptors (Lipinski definition) is 2. The van der Waals surface area contributed by atoms with Crippen LogP contribution in [-0.2, 0) is 0 Å². The molecule has 1 aromatic rings. The van der Waals surface area contributed by atoms with Crippen molar-refractivity contribution in [1.82, 2.24) is 4.90 Å². The fourth-order valence-corrected chi connectivity index (χ4v) is 2.13. The van der Waals surface area contributed by atoms with Crippen LogP contribution < -0.4 is 4.74 Å². The number of likely N-dealkylation sites (N-methyl/N-ethyl adjacent to an activating group) is 1. The van der Waals surface area contributed by atoms with Gasteiger partial charge in [-0.05, 0) is 24.3 Å². The van der Waals surface area contributed by atoms with Gasteiger partial charge in [-0.15, -0.1) is 0 Å². The Kier molecular flexibility index (Phi) is 4.30.